The van der Waals surface area contributed by atoms with Gasteiger partial charge in [0.2, 0.25) is 5.91 Å². The Morgan fingerprint density at radius 1 is 1.04 bits per heavy atom. The van der Waals surface area contributed by atoms with Gasteiger partial charge in [0.15, 0.2) is 11.5 Å². The fourth-order valence-corrected chi connectivity index (χ4v) is 5.41. The maximum atomic E-state index is 13.4. The van der Waals surface area contributed by atoms with Crippen LogP contribution in [0.5, 0.6) is 5.75 Å². The molecule has 0 radical (unpaired) electrons. The van der Waals surface area contributed by atoms with Crippen LogP contribution in [0.2, 0.25) is 0 Å². The summed E-state index contributed by atoms with van der Waals surface area (Å²) in [6, 6.07) is 18.2. The molecule has 4 aromatic heterocycles. The second kappa shape index (κ2) is 12.0. The van der Waals surface area contributed by atoms with Gasteiger partial charge in [-0.25, -0.2) is 19.2 Å². The van der Waals surface area contributed by atoms with Gasteiger partial charge >= 0.3 is 0 Å². The summed E-state index contributed by atoms with van der Waals surface area (Å²) in [7, 11) is 4.92. The lowest BCUT2D eigenvalue weighted by molar-refractivity contribution is -0.117. The molecule has 2 aromatic carbocycles. The highest BCUT2D eigenvalue weighted by atomic mass is 16.5. The van der Waals surface area contributed by atoms with E-state index in [1.807, 2.05) is 30.3 Å². The molecule has 2 N–H and O–H groups in total. The zero-order chi connectivity index (χ0) is 32.7. The monoisotopic (exact) mass is 629 g/mol. The van der Waals surface area contributed by atoms with E-state index in [9.17, 15) is 14.4 Å². The fraction of sp³-hybridized carbons (Fsp3) is 0.206. The third-order valence-corrected chi connectivity index (χ3v) is 7.95. The average Bonchev–Trinajstić information content (AvgIpc) is 3.83. The smallest absolute Gasteiger partial charge is 0.274 e. The number of aromatic nitrogens is 6. The number of rotatable bonds is 9. The predicted octanol–water partition coefficient (Wildman–Crippen LogP) is 4.35. The number of benzene rings is 2. The summed E-state index contributed by atoms with van der Waals surface area (Å²) in [6.07, 6.45) is 6.79. The Morgan fingerprint density at radius 2 is 1.87 bits per heavy atom. The number of nitrogens with zero attached hydrogens (tertiary/aromatic N) is 7. The van der Waals surface area contributed by atoms with Crippen LogP contribution in [0.4, 0.5) is 17.2 Å². The third-order valence-electron chi connectivity index (χ3n) is 7.95. The Balaban J connectivity index is 1.19. The molecule has 4 heterocycles. The SMILES string of the molecule is COc1c(Nc2cc(NC(=O)C3CC3)nn3ccnc23)cccc1-c1ccc2c(=O)n(Cc3cccc(C(=O)N(C)C)n3)ncc2c1. The first-order valence-corrected chi connectivity index (χ1v) is 15.1. The summed E-state index contributed by atoms with van der Waals surface area (Å²) in [4.78, 5) is 48.5. The summed E-state index contributed by atoms with van der Waals surface area (Å²) >= 11 is 0. The molecule has 1 aliphatic rings. The second-order valence-corrected chi connectivity index (χ2v) is 11.5. The van der Waals surface area contributed by atoms with Crippen molar-refractivity contribution in [2.24, 2.45) is 5.92 Å². The van der Waals surface area contributed by atoms with Gasteiger partial charge in [-0.2, -0.15) is 5.10 Å². The molecule has 0 aliphatic heterocycles. The molecule has 47 heavy (non-hydrogen) atoms. The maximum Gasteiger partial charge on any atom is 0.274 e. The lowest BCUT2D eigenvalue weighted by atomic mass is 10.0. The standard InChI is InChI=1S/C34H31N9O4/c1-41(2)34(46)27-9-4-6-23(37-27)19-43-33(45)25-13-12-21(16-22(25)18-36-43)24-7-5-8-26(30(24)47-3)38-28-17-29(39-32(44)20-10-11-20)40-42-15-14-35-31(28)42/h4-9,12-18,20,38H,10-11,19H2,1-3H3,(H,39,40,44). The van der Waals surface area contributed by atoms with E-state index < -0.39 is 0 Å². The lowest BCUT2D eigenvalue weighted by Gasteiger charge is -2.17. The number of imidazole rings is 1. The Labute approximate surface area is 268 Å². The number of carbonyl (C=O) groups excluding carboxylic acids is 2. The van der Waals surface area contributed by atoms with Crippen LogP contribution < -0.4 is 20.9 Å². The van der Waals surface area contributed by atoms with Gasteiger partial charge in [0.25, 0.3) is 11.5 Å². The van der Waals surface area contributed by atoms with Crippen LogP contribution in [-0.2, 0) is 11.3 Å². The summed E-state index contributed by atoms with van der Waals surface area (Å²) in [5.41, 5.74) is 4.11. The zero-order valence-electron chi connectivity index (χ0n) is 26.0. The fourth-order valence-electron chi connectivity index (χ4n) is 5.41. The second-order valence-electron chi connectivity index (χ2n) is 11.5. The molecule has 2 amide bonds. The summed E-state index contributed by atoms with van der Waals surface area (Å²) in [5.74, 6) is 0.783. The first-order chi connectivity index (χ1) is 22.8. The number of pyridine rings is 1. The molecule has 13 heteroatoms. The van der Waals surface area contributed by atoms with E-state index >= 15 is 0 Å². The van der Waals surface area contributed by atoms with Crippen molar-refractivity contribution in [3.05, 3.63) is 101 Å². The zero-order valence-corrected chi connectivity index (χ0v) is 26.0. The molecule has 1 saturated carbocycles. The van der Waals surface area contributed by atoms with E-state index in [-0.39, 0.29) is 29.8 Å². The Morgan fingerprint density at radius 3 is 2.66 bits per heavy atom. The number of ether oxygens (including phenoxy) is 1. The van der Waals surface area contributed by atoms with Crippen molar-refractivity contribution in [1.29, 1.82) is 0 Å². The van der Waals surface area contributed by atoms with Gasteiger partial charge in [-0.3, -0.25) is 14.4 Å². The number of fused-ring (bicyclic) bond motifs is 2. The van der Waals surface area contributed by atoms with Crippen LogP contribution in [0, 0.1) is 5.92 Å². The molecule has 1 aliphatic carbocycles. The van der Waals surface area contributed by atoms with Gasteiger partial charge in [-0.15, -0.1) is 5.10 Å². The molecule has 6 aromatic rings. The number of carbonyl (C=O) groups is 2. The first kappa shape index (κ1) is 29.6. The van der Waals surface area contributed by atoms with Gasteiger partial charge in [0.05, 0.1) is 42.3 Å². The summed E-state index contributed by atoms with van der Waals surface area (Å²) in [6.45, 7) is 0.122. The van der Waals surface area contributed by atoms with Crippen LogP contribution in [-0.4, -0.2) is 67.3 Å². The number of nitrogens with one attached hydrogen (secondary N) is 2. The number of methoxy groups -OCH3 is 1. The molecule has 0 saturated heterocycles. The molecule has 0 unspecified atom stereocenters. The van der Waals surface area contributed by atoms with Crippen molar-refractivity contribution in [3.63, 3.8) is 0 Å². The number of hydrogen-bond donors (Lipinski definition) is 2. The minimum absolute atomic E-state index is 0.0394. The maximum absolute atomic E-state index is 13.4. The molecule has 13 nitrogen and oxygen atoms in total. The third kappa shape index (κ3) is 5.86. The van der Waals surface area contributed by atoms with Gasteiger partial charge in [-0.05, 0) is 48.7 Å². The minimum Gasteiger partial charge on any atom is -0.494 e. The van der Waals surface area contributed by atoms with E-state index in [0.717, 1.165) is 24.0 Å². The largest absolute Gasteiger partial charge is 0.494 e. The van der Waals surface area contributed by atoms with E-state index in [0.29, 0.717) is 50.7 Å². The highest BCUT2D eigenvalue weighted by Gasteiger charge is 2.30. The summed E-state index contributed by atoms with van der Waals surface area (Å²) < 4.78 is 8.85. The number of para-hydroxylation sites is 1. The molecule has 0 bridgehead atoms. The number of hydrogen-bond acceptors (Lipinski definition) is 9. The molecule has 0 spiro atoms. The Hall–Kier alpha value is -6.11. The van der Waals surface area contributed by atoms with Crippen molar-refractivity contribution in [1.82, 2.24) is 34.3 Å². The molecule has 0 atom stereocenters. The van der Waals surface area contributed by atoms with Crippen LogP contribution in [0.1, 0.15) is 29.0 Å². The van der Waals surface area contributed by atoms with E-state index in [1.165, 1.54) is 9.58 Å². The molecular formula is C34H31N9O4. The van der Waals surface area contributed by atoms with E-state index in [2.05, 4.69) is 30.8 Å². The summed E-state index contributed by atoms with van der Waals surface area (Å²) in [5, 5.41) is 16.4. The van der Waals surface area contributed by atoms with Crippen LogP contribution >= 0.6 is 0 Å². The minimum atomic E-state index is -0.270. The number of amides is 2. The van der Waals surface area contributed by atoms with Gasteiger partial charge in [0, 0.05) is 49.4 Å². The van der Waals surface area contributed by atoms with Gasteiger partial charge < -0.3 is 20.3 Å². The number of anilines is 3. The quantitative estimate of drug-likeness (QED) is 0.238. The van der Waals surface area contributed by atoms with Crippen molar-refractivity contribution in [2.75, 3.05) is 31.8 Å². The predicted molar refractivity (Wildman–Crippen MR) is 177 cm³/mol. The highest BCUT2D eigenvalue weighted by Crippen LogP contribution is 2.39. The Bertz CT molecular complexity index is 2240. The van der Waals surface area contributed by atoms with Crippen molar-refractivity contribution in [2.45, 2.75) is 19.4 Å². The van der Waals surface area contributed by atoms with Gasteiger partial charge in [0.1, 0.15) is 11.4 Å². The molecular weight excluding hydrogens is 598 g/mol. The first-order valence-electron chi connectivity index (χ1n) is 15.1. The van der Waals surface area contributed by atoms with Crippen molar-refractivity contribution in [3.8, 4) is 16.9 Å². The van der Waals surface area contributed by atoms with E-state index in [1.54, 1.807) is 74.6 Å². The van der Waals surface area contributed by atoms with Crippen molar-refractivity contribution < 1.29 is 14.3 Å². The van der Waals surface area contributed by atoms with E-state index in [4.69, 9.17) is 4.74 Å². The topological polar surface area (TPSA) is 149 Å². The average molecular weight is 630 g/mol. The lowest BCUT2D eigenvalue weighted by Crippen LogP contribution is -2.25. The molecule has 1 fully saturated rings. The Kier molecular flexibility index (Phi) is 7.56. The normalized spacial score (nSPS) is 12.7. The van der Waals surface area contributed by atoms with Crippen LogP contribution in [0.3, 0.4) is 0 Å². The molecule has 7 rings (SSSR count). The van der Waals surface area contributed by atoms with Gasteiger partial charge in [-0.1, -0.05) is 24.3 Å². The highest BCUT2D eigenvalue weighted by molar-refractivity contribution is 5.95. The van der Waals surface area contributed by atoms with Crippen LogP contribution in [0.25, 0.3) is 27.5 Å². The van der Waals surface area contributed by atoms with Crippen LogP contribution in [0.15, 0.2) is 84.0 Å². The van der Waals surface area contributed by atoms with Crippen molar-refractivity contribution >= 4 is 45.4 Å². The molecule has 236 valence electrons.